The van der Waals surface area contributed by atoms with Crippen molar-refractivity contribution < 1.29 is 5.11 Å². The number of aliphatic imine (C=N–C) groups is 1. The number of rotatable bonds is 5. The van der Waals surface area contributed by atoms with Gasteiger partial charge in [-0.1, -0.05) is 42.7 Å². The Balaban J connectivity index is 0.00000264. The fourth-order valence-electron chi connectivity index (χ4n) is 2.93. The first-order valence-corrected chi connectivity index (χ1v) is 8.30. The van der Waals surface area contributed by atoms with Crippen LogP contribution in [0.4, 0.5) is 0 Å². The first-order chi connectivity index (χ1) is 10.5. The summed E-state index contributed by atoms with van der Waals surface area (Å²) in [6, 6.07) is 8.57. The smallest absolute Gasteiger partial charge is 0.194 e. The second-order valence-electron chi connectivity index (χ2n) is 6.44. The Labute approximate surface area is 157 Å². The Morgan fingerprint density at radius 3 is 2.43 bits per heavy atom. The third-order valence-electron chi connectivity index (χ3n) is 4.29. The number of guanidine groups is 1. The minimum Gasteiger partial charge on any atom is -0.388 e. The van der Waals surface area contributed by atoms with E-state index in [1.807, 2.05) is 7.05 Å². The predicted octanol–water partition coefficient (Wildman–Crippen LogP) is 3.32. The van der Waals surface area contributed by atoms with Gasteiger partial charge in [-0.15, -0.1) is 24.0 Å². The lowest BCUT2D eigenvalue weighted by Gasteiger charge is -2.25. The summed E-state index contributed by atoms with van der Waals surface area (Å²) < 4.78 is 0. The molecule has 0 spiro atoms. The van der Waals surface area contributed by atoms with Crippen molar-refractivity contribution in [1.29, 1.82) is 0 Å². The lowest BCUT2D eigenvalue weighted by Crippen LogP contribution is -2.40. The van der Waals surface area contributed by atoms with Gasteiger partial charge in [0.2, 0.25) is 0 Å². The van der Waals surface area contributed by atoms with Crippen LogP contribution in [-0.2, 0) is 6.54 Å². The van der Waals surface area contributed by atoms with Crippen molar-refractivity contribution in [3.05, 3.63) is 35.4 Å². The van der Waals surface area contributed by atoms with Crippen molar-refractivity contribution in [2.24, 2.45) is 4.99 Å². The first kappa shape index (κ1) is 20.2. The monoisotopic (exact) mass is 431 g/mol. The Bertz CT molecular complexity index is 495. The summed E-state index contributed by atoms with van der Waals surface area (Å²) in [5.41, 5.74) is 1.94. The molecule has 4 nitrogen and oxygen atoms in total. The van der Waals surface area contributed by atoms with Crippen LogP contribution in [0.2, 0.25) is 0 Å². The number of aryl methyl sites for hydroxylation is 1. The molecule has 0 bridgehead atoms. The van der Waals surface area contributed by atoms with Gasteiger partial charge in [0.05, 0.1) is 12.1 Å². The second kappa shape index (κ2) is 9.47. The van der Waals surface area contributed by atoms with Gasteiger partial charge < -0.3 is 15.3 Å². The van der Waals surface area contributed by atoms with Gasteiger partial charge in [0.15, 0.2) is 5.96 Å². The Morgan fingerprint density at radius 1 is 1.26 bits per heavy atom. The summed E-state index contributed by atoms with van der Waals surface area (Å²) in [5, 5.41) is 13.8. The van der Waals surface area contributed by atoms with Crippen LogP contribution < -0.4 is 5.32 Å². The maximum atomic E-state index is 10.5. The average molecular weight is 431 g/mol. The van der Waals surface area contributed by atoms with E-state index in [0.29, 0.717) is 6.54 Å². The van der Waals surface area contributed by atoms with E-state index in [2.05, 4.69) is 53.3 Å². The number of benzene rings is 1. The number of halogens is 1. The van der Waals surface area contributed by atoms with Crippen LogP contribution in [0.15, 0.2) is 29.3 Å². The summed E-state index contributed by atoms with van der Waals surface area (Å²) in [6.45, 7) is 6.30. The van der Waals surface area contributed by atoms with Crippen molar-refractivity contribution in [2.75, 3.05) is 20.1 Å². The first-order valence-electron chi connectivity index (χ1n) is 8.30. The summed E-state index contributed by atoms with van der Waals surface area (Å²) >= 11 is 0. The van der Waals surface area contributed by atoms with Gasteiger partial charge in [-0.05, 0) is 32.3 Å². The minimum absolute atomic E-state index is 0. The van der Waals surface area contributed by atoms with Crippen LogP contribution in [0.5, 0.6) is 0 Å². The SMILES string of the molecule is CCNC(=NCC1(O)CCCC1)N(C)Cc1ccc(C)cc1.I. The van der Waals surface area contributed by atoms with Crippen LogP contribution in [-0.4, -0.2) is 41.7 Å². The number of nitrogens with zero attached hydrogens (tertiary/aromatic N) is 2. The molecule has 0 aliphatic heterocycles. The quantitative estimate of drug-likeness (QED) is 0.427. The zero-order chi connectivity index (χ0) is 16.0. The molecule has 23 heavy (non-hydrogen) atoms. The van der Waals surface area contributed by atoms with E-state index < -0.39 is 5.60 Å². The zero-order valence-corrected chi connectivity index (χ0v) is 16.8. The lowest BCUT2D eigenvalue weighted by atomic mass is 10.0. The largest absolute Gasteiger partial charge is 0.388 e. The maximum Gasteiger partial charge on any atom is 0.194 e. The molecule has 130 valence electrons. The normalized spacial score (nSPS) is 16.8. The molecule has 2 rings (SSSR count). The highest BCUT2D eigenvalue weighted by molar-refractivity contribution is 14.0. The molecule has 0 saturated heterocycles. The molecule has 0 aromatic heterocycles. The predicted molar refractivity (Wildman–Crippen MR) is 107 cm³/mol. The van der Waals surface area contributed by atoms with E-state index in [1.165, 1.54) is 11.1 Å². The molecule has 1 aromatic rings. The van der Waals surface area contributed by atoms with Crippen LogP contribution in [0.25, 0.3) is 0 Å². The molecule has 2 N–H and O–H groups in total. The zero-order valence-electron chi connectivity index (χ0n) is 14.5. The molecule has 0 amide bonds. The third-order valence-corrected chi connectivity index (χ3v) is 4.29. The van der Waals surface area contributed by atoms with Gasteiger partial charge >= 0.3 is 0 Å². The topological polar surface area (TPSA) is 47.9 Å². The third kappa shape index (κ3) is 6.30. The highest BCUT2D eigenvalue weighted by Crippen LogP contribution is 2.29. The fraction of sp³-hybridized carbons (Fsp3) is 0.611. The van der Waals surface area contributed by atoms with E-state index in [9.17, 15) is 5.11 Å². The van der Waals surface area contributed by atoms with Gasteiger partial charge in [-0.25, -0.2) is 0 Å². The van der Waals surface area contributed by atoms with Crippen LogP contribution >= 0.6 is 24.0 Å². The van der Waals surface area contributed by atoms with E-state index in [-0.39, 0.29) is 24.0 Å². The van der Waals surface area contributed by atoms with Gasteiger partial charge in [-0.2, -0.15) is 0 Å². The number of hydrogen-bond donors (Lipinski definition) is 2. The molecule has 1 aromatic carbocycles. The van der Waals surface area contributed by atoms with Crippen LogP contribution in [0.1, 0.15) is 43.7 Å². The highest BCUT2D eigenvalue weighted by Gasteiger charge is 2.30. The Morgan fingerprint density at radius 2 is 1.87 bits per heavy atom. The van der Waals surface area contributed by atoms with Crippen LogP contribution in [0.3, 0.4) is 0 Å². The molecule has 1 saturated carbocycles. The Hall–Kier alpha value is -0.820. The van der Waals surface area contributed by atoms with Gasteiger partial charge in [0.25, 0.3) is 0 Å². The van der Waals surface area contributed by atoms with E-state index in [1.54, 1.807) is 0 Å². The van der Waals surface area contributed by atoms with Crippen molar-refractivity contribution in [1.82, 2.24) is 10.2 Å². The molecule has 0 radical (unpaired) electrons. The summed E-state index contributed by atoms with van der Waals surface area (Å²) in [7, 11) is 2.04. The van der Waals surface area contributed by atoms with E-state index in [4.69, 9.17) is 0 Å². The fourth-order valence-corrected chi connectivity index (χ4v) is 2.93. The summed E-state index contributed by atoms with van der Waals surface area (Å²) in [4.78, 5) is 6.78. The number of aliphatic hydroxyl groups is 1. The van der Waals surface area contributed by atoms with Crippen molar-refractivity contribution in [2.45, 2.75) is 51.7 Å². The molecule has 1 aliphatic rings. The molecular weight excluding hydrogens is 401 g/mol. The number of hydrogen-bond acceptors (Lipinski definition) is 2. The molecule has 0 heterocycles. The molecule has 1 aliphatic carbocycles. The molecule has 5 heteroatoms. The summed E-state index contributed by atoms with van der Waals surface area (Å²) in [6.07, 6.45) is 3.97. The highest BCUT2D eigenvalue weighted by atomic mass is 127. The maximum absolute atomic E-state index is 10.5. The van der Waals surface area contributed by atoms with Gasteiger partial charge in [0, 0.05) is 20.1 Å². The van der Waals surface area contributed by atoms with E-state index >= 15 is 0 Å². The lowest BCUT2D eigenvalue weighted by molar-refractivity contribution is 0.0572. The number of nitrogens with one attached hydrogen (secondary N) is 1. The molecule has 0 unspecified atom stereocenters. The van der Waals surface area contributed by atoms with Crippen molar-refractivity contribution >= 4 is 29.9 Å². The second-order valence-corrected chi connectivity index (χ2v) is 6.44. The van der Waals surface area contributed by atoms with Crippen molar-refractivity contribution in [3.63, 3.8) is 0 Å². The minimum atomic E-state index is -0.592. The molecular formula is C18H30IN3O. The Kier molecular flexibility index (Phi) is 8.33. The average Bonchev–Trinajstić information content (AvgIpc) is 2.93. The standard InChI is InChI=1S/C18H29N3O.HI/c1-4-19-17(20-14-18(22)11-5-6-12-18)21(3)13-16-9-7-15(2)8-10-16;/h7-10,22H,4-6,11-14H2,1-3H3,(H,19,20);1H. The van der Waals surface area contributed by atoms with Crippen molar-refractivity contribution in [3.8, 4) is 0 Å². The molecule has 0 atom stereocenters. The van der Waals surface area contributed by atoms with Gasteiger partial charge in [-0.3, -0.25) is 4.99 Å². The summed E-state index contributed by atoms with van der Waals surface area (Å²) in [5.74, 6) is 0.864. The van der Waals surface area contributed by atoms with E-state index in [0.717, 1.165) is 44.7 Å². The molecule has 1 fully saturated rings. The van der Waals surface area contributed by atoms with Crippen LogP contribution in [0, 0.1) is 6.92 Å². The van der Waals surface area contributed by atoms with Gasteiger partial charge in [0.1, 0.15) is 0 Å².